The number of aromatic nitrogens is 1. The molecule has 1 atom stereocenters. The minimum Gasteiger partial charge on any atom is -0.350 e. The summed E-state index contributed by atoms with van der Waals surface area (Å²) in [5, 5.41) is 4.26. The molecule has 1 aromatic heterocycles. The van der Waals surface area contributed by atoms with E-state index in [1.54, 1.807) is 12.1 Å². The Morgan fingerprint density at radius 3 is 2.50 bits per heavy atom. The SMILES string of the molecule is CC(C)CCC[C@@H](C)NC(=O)c1c[nH]c(=O)c2ccccc12. The van der Waals surface area contributed by atoms with Crippen molar-refractivity contribution in [1.29, 1.82) is 0 Å². The highest BCUT2D eigenvalue weighted by Crippen LogP contribution is 2.15. The second-order valence-electron chi connectivity index (χ2n) is 6.28. The predicted octanol–water partition coefficient (Wildman–Crippen LogP) is 3.47. The topological polar surface area (TPSA) is 62.0 Å². The number of aromatic amines is 1. The van der Waals surface area contributed by atoms with Crippen LogP contribution in [0.2, 0.25) is 0 Å². The Morgan fingerprint density at radius 2 is 1.82 bits per heavy atom. The van der Waals surface area contributed by atoms with Gasteiger partial charge in [0, 0.05) is 23.0 Å². The van der Waals surface area contributed by atoms with Crippen LogP contribution in [-0.2, 0) is 0 Å². The molecular weight excluding hydrogens is 276 g/mol. The summed E-state index contributed by atoms with van der Waals surface area (Å²) in [6.07, 6.45) is 4.74. The number of benzene rings is 1. The van der Waals surface area contributed by atoms with E-state index in [0.29, 0.717) is 22.3 Å². The van der Waals surface area contributed by atoms with Crippen molar-refractivity contribution < 1.29 is 4.79 Å². The quantitative estimate of drug-likeness (QED) is 0.858. The lowest BCUT2D eigenvalue weighted by molar-refractivity contribution is 0.0939. The molecule has 2 N–H and O–H groups in total. The highest BCUT2D eigenvalue weighted by Gasteiger charge is 2.14. The zero-order valence-electron chi connectivity index (χ0n) is 13.5. The molecule has 0 bridgehead atoms. The molecule has 0 saturated carbocycles. The summed E-state index contributed by atoms with van der Waals surface area (Å²) < 4.78 is 0. The van der Waals surface area contributed by atoms with Crippen molar-refractivity contribution in [2.24, 2.45) is 5.92 Å². The Kier molecular flexibility index (Phi) is 5.36. The van der Waals surface area contributed by atoms with E-state index in [1.165, 1.54) is 12.6 Å². The van der Waals surface area contributed by atoms with E-state index in [-0.39, 0.29) is 17.5 Å². The fraction of sp³-hybridized carbons (Fsp3) is 0.444. The van der Waals surface area contributed by atoms with Crippen LogP contribution in [0.25, 0.3) is 10.8 Å². The Bertz CT molecular complexity index is 704. The van der Waals surface area contributed by atoms with E-state index < -0.39 is 0 Å². The average molecular weight is 300 g/mol. The normalized spacial score (nSPS) is 12.5. The zero-order valence-corrected chi connectivity index (χ0v) is 13.5. The Balaban J connectivity index is 2.10. The molecule has 0 unspecified atom stereocenters. The lowest BCUT2D eigenvalue weighted by atomic mass is 10.0. The monoisotopic (exact) mass is 300 g/mol. The summed E-state index contributed by atoms with van der Waals surface area (Å²) in [7, 11) is 0. The first-order valence-corrected chi connectivity index (χ1v) is 7.90. The third-order valence-electron chi connectivity index (χ3n) is 3.85. The number of fused-ring (bicyclic) bond motifs is 1. The van der Waals surface area contributed by atoms with Crippen molar-refractivity contribution in [1.82, 2.24) is 10.3 Å². The molecule has 0 radical (unpaired) electrons. The van der Waals surface area contributed by atoms with Gasteiger partial charge in [-0.1, -0.05) is 44.9 Å². The fourth-order valence-electron chi connectivity index (χ4n) is 2.60. The molecule has 0 fully saturated rings. The number of hydrogen-bond donors (Lipinski definition) is 2. The van der Waals surface area contributed by atoms with E-state index in [9.17, 15) is 9.59 Å². The van der Waals surface area contributed by atoms with Gasteiger partial charge in [0.2, 0.25) is 0 Å². The largest absolute Gasteiger partial charge is 0.350 e. The molecule has 1 amide bonds. The smallest absolute Gasteiger partial charge is 0.255 e. The number of pyridine rings is 1. The Hall–Kier alpha value is -2.10. The molecule has 0 saturated heterocycles. The van der Waals surface area contributed by atoms with Crippen LogP contribution >= 0.6 is 0 Å². The Morgan fingerprint density at radius 1 is 1.14 bits per heavy atom. The van der Waals surface area contributed by atoms with Crippen LogP contribution in [0.3, 0.4) is 0 Å². The summed E-state index contributed by atoms with van der Waals surface area (Å²) >= 11 is 0. The maximum atomic E-state index is 12.4. The molecule has 4 nitrogen and oxygen atoms in total. The third-order valence-corrected chi connectivity index (χ3v) is 3.85. The van der Waals surface area contributed by atoms with Crippen LogP contribution in [-0.4, -0.2) is 16.9 Å². The van der Waals surface area contributed by atoms with Crippen molar-refractivity contribution in [3.8, 4) is 0 Å². The molecule has 2 rings (SSSR count). The van der Waals surface area contributed by atoms with Gasteiger partial charge in [-0.3, -0.25) is 9.59 Å². The molecule has 0 aliphatic heterocycles. The number of carbonyl (C=O) groups is 1. The molecule has 0 aliphatic rings. The van der Waals surface area contributed by atoms with Gasteiger partial charge in [0.15, 0.2) is 0 Å². The summed E-state index contributed by atoms with van der Waals surface area (Å²) in [4.78, 5) is 26.9. The highest BCUT2D eigenvalue weighted by molar-refractivity contribution is 6.06. The Labute approximate surface area is 130 Å². The summed E-state index contributed by atoms with van der Waals surface area (Å²) in [5.74, 6) is 0.551. The molecule has 4 heteroatoms. The molecule has 118 valence electrons. The van der Waals surface area contributed by atoms with Gasteiger partial charge in [0.1, 0.15) is 0 Å². The third kappa shape index (κ3) is 3.97. The highest BCUT2D eigenvalue weighted by atomic mass is 16.2. The van der Waals surface area contributed by atoms with E-state index in [1.807, 2.05) is 19.1 Å². The predicted molar refractivity (Wildman–Crippen MR) is 90.2 cm³/mol. The summed E-state index contributed by atoms with van der Waals surface area (Å²) in [6, 6.07) is 7.30. The number of nitrogens with one attached hydrogen (secondary N) is 2. The summed E-state index contributed by atoms with van der Waals surface area (Å²) in [5.41, 5.74) is 0.350. The molecule has 22 heavy (non-hydrogen) atoms. The van der Waals surface area contributed by atoms with Gasteiger partial charge in [0.05, 0.1) is 5.56 Å². The number of H-pyrrole nitrogens is 1. The van der Waals surface area contributed by atoms with Crippen LogP contribution in [0.4, 0.5) is 0 Å². The number of rotatable bonds is 6. The van der Waals surface area contributed by atoms with Gasteiger partial charge < -0.3 is 10.3 Å². The van der Waals surface area contributed by atoms with E-state index >= 15 is 0 Å². The lowest BCUT2D eigenvalue weighted by Crippen LogP contribution is -2.33. The van der Waals surface area contributed by atoms with Crippen LogP contribution in [0.5, 0.6) is 0 Å². The lowest BCUT2D eigenvalue weighted by Gasteiger charge is -2.15. The van der Waals surface area contributed by atoms with Crippen LogP contribution in [0, 0.1) is 5.92 Å². The van der Waals surface area contributed by atoms with E-state index in [0.717, 1.165) is 12.8 Å². The van der Waals surface area contributed by atoms with Crippen LogP contribution in [0.1, 0.15) is 50.4 Å². The van der Waals surface area contributed by atoms with Crippen LogP contribution in [0.15, 0.2) is 35.3 Å². The summed E-state index contributed by atoms with van der Waals surface area (Å²) in [6.45, 7) is 6.43. The number of amides is 1. The second-order valence-corrected chi connectivity index (χ2v) is 6.28. The van der Waals surface area contributed by atoms with Crippen molar-refractivity contribution in [3.05, 3.63) is 46.4 Å². The molecule has 1 aromatic carbocycles. The van der Waals surface area contributed by atoms with Gasteiger partial charge in [-0.2, -0.15) is 0 Å². The standard InChI is InChI=1S/C18H24N2O2/c1-12(2)7-6-8-13(3)20-18(22)16-11-19-17(21)15-10-5-4-9-14(15)16/h4-5,9-13H,6-8H2,1-3H3,(H,19,21)(H,20,22)/t13-/m1/s1. The van der Waals surface area contributed by atoms with Gasteiger partial charge >= 0.3 is 0 Å². The van der Waals surface area contributed by atoms with Gasteiger partial charge in [-0.15, -0.1) is 0 Å². The fourth-order valence-corrected chi connectivity index (χ4v) is 2.60. The molecule has 2 aromatic rings. The zero-order chi connectivity index (χ0) is 16.1. The maximum Gasteiger partial charge on any atom is 0.255 e. The van der Waals surface area contributed by atoms with E-state index in [2.05, 4.69) is 24.1 Å². The van der Waals surface area contributed by atoms with Crippen molar-refractivity contribution in [2.45, 2.75) is 46.1 Å². The van der Waals surface area contributed by atoms with Gasteiger partial charge in [-0.05, 0) is 25.3 Å². The second kappa shape index (κ2) is 7.25. The first kappa shape index (κ1) is 16.3. The average Bonchev–Trinajstić information content (AvgIpc) is 2.47. The van der Waals surface area contributed by atoms with Crippen LogP contribution < -0.4 is 10.9 Å². The first-order valence-electron chi connectivity index (χ1n) is 7.90. The molecule has 0 aliphatic carbocycles. The van der Waals surface area contributed by atoms with E-state index in [4.69, 9.17) is 0 Å². The first-order chi connectivity index (χ1) is 10.5. The molecular formula is C18H24N2O2. The minimum atomic E-state index is -0.169. The number of hydrogen-bond acceptors (Lipinski definition) is 2. The minimum absolute atomic E-state index is 0.122. The molecule has 0 spiro atoms. The van der Waals surface area contributed by atoms with Gasteiger partial charge in [-0.25, -0.2) is 0 Å². The number of carbonyl (C=O) groups excluding carboxylic acids is 1. The van der Waals surface area contributed by atoms with Crippen molar-refractivity contribution in [2.75, 3.05) is 0 Å². The van der Waals surface area contributed by atoms with Gasteiger partial charge in [0.25, 0.3) is 11.5 Å². The van der Waals surface area contributed by atoms with Crippen molar-refractivity contribution in [3.63, 3.8) is 0 Å². The molecule has 1 heterocycles. The van der Waals surface area contributed by atoms with Crippen molar-refractivity contribution >= 4 is 16.7 Å². The maximum absolute atomic E-state index is 12.4.